The fourth-order valence-electron chi connectivity index (χ4n) is 1.45. The van der Waals surface area contributed by atoms with Crippen LogP contribution in [0.25, 0.3) is 0 Å². The van der Waals surface area contributed by atoms with E-state index in [9.17, 15) is 4.79 Å². The molecule has 1 aliphatic heterocycles. The van der Waals surface area contributed by atoms with Gasteiger partial charge in [0.05, 0.1) is 6.04 Å². The van der Waals surface area contributed by atoms with Crippen molar-refractivity contribution in [2.75, 3.05) is 13.6 Å². The molecule has 0 saturated carbocycles. The molecule has 0 aromatic carbocycles. The zero-order chi connectivity index (χ0) is 9.14. The number of nitrogens with one attached hydrogen (secondary N) is 1. The van der Waals surface area contributed by atoms with Gasteiger partial charge in [-0.2, -0.15) is 0 Å². The van der Waals surface area contributed by atoms with E-state index in [0.29, 0.717) is 0 Å². The molecule has 0 bridgehead atoms. The Kier molecular flexibility index (Phi) is 2.87. The number of likely N-dealkylation sites (tertiary alicyclic amines) is 1. The molecule has 0 radical (unpaired) electrons. The van der Waals surface area contributed by atoms with Crippen molar-refractivity contribution < 1.29 is 4.79 Å². The molecule has 1 rings (SSSR count). The molecule has 68 valence electrons. The second-order valence-corrected chi connectivity index (χ2v) is 3.05. The Morgan fingerprint density at radius 1 is 1.75 bits per heavy atom. The molecule has 0 aromatic rings. The number of nitrogens with zero attached hydrogens (tertiary/aromatic N) is 1. The first-order chi connectivity index (χ1) is 5.70. The molecule has 0 spiro atoms. The van der Waals surface area contributed by atoms with Crippen LogP contribution in [0.1, 0.15) is 20.3 Å². The van der Waals surface area contributed by atoms with Crippen LogP contribution in [0.4, 0.5) is 0 Å². The molecule has 1 aliphatic rings. The molecule has 12 heavy (non-hydrogen) atoms. The monoisotopic (exact) mass is 168 g/mol. The third-order valence-electron chi connectivity index (χ3n) is 2.40. The Morgan fingerprint density at radius 3 is 2.83 bits per heavy atom. The minimum Gasteiger partial charge on any atom is -0.315 e. The number of amides is 1. The number of carbonyl (C=O) groups excluding carboxylic acids is 1. The largest absolute Gasteiger partial charge is 0.315 e. The first-order valence-electron chi connectivity index (χ1n) is 4.32. The maximum atomic E-state index is 11.6. The second kappa shape index (κ2) is 3.72. The number of hydrogen-bond donors (Lipinski definition) is 1. The molecule has 0 unspecified atom stereocenters. The molecule has 1 saturated heterocycles. The Labute approximate surface area is 73.4 Å². The number of likely N-dealkylation sites (N-methyl/N-ethyl adjacent to an activating group) is 1. The Morgan fingerprint density at radius 2 is 2.42 bits per heavy atom. The Bertz CT molecular complexity index is 211. The van der Waals surface area contributed by atoms with Crippen molar-refractivity contribution in [2.24, 2.45) is 0 Å². The van der Waals surface area contributed by atoms with Gasteiger partial charge in [0.1, 0.15) is 0 Å². The first kappa shape index (κ1) is 9.26. The van der Waals surface area contributed by atoms with Gasteiger partial charge in [0.15, 0.2) is 0 Å². The summed E-state index contributed by atoms with van der Waals surface area (Å²) in [6, 6.07) is 0.0277. The van der Waals surface area contributed by atoms with Crippen molar-refractivity contribution in [2.45, 2.75) is 26.3 Å². The summed E-state index contributed by atoms with van der Waals surface area (Å²) in [6.45, 7) is 4.77. The van der Waals surface area contributed by atoms with Crippen LogP contribution in [0.15, 0.2) is 11.8 Å². The van der Waals surface area contributed by atoms with Gasteiger partial charge in [0, 0.05) is 12.2 Å². The van der Waals surface area contributed by atoms with E-state index in [1.54, 1.807) is 0 Å². The average Bonchev–Trinajstić information content (AvgIpc) is 2.45. The van der Waals surface area contributed by atoms with E-state index >= 15 is 0 Å². The van der Waals surface area contributed by atoms with E-state index in [1.165, 1.54) is 0 Å². The first-order valence-corrected chi connectivity index (χ1v) is 4.32. The maximum absolute atomic E-state index is 11.6. The average molecular weight is 168 g/mol. The van der Waals surface area contributed by atoms with Gasteiger partial charge >= 0.3 is 0 Å². The van der Waals surface area contributed by atoms with Crippen molar-refractivity contribution in [3.63, 3.8) is 0 Å². The van der Waals surface area contributed by atoms with Gasteiger partial charge in [-0.05, 0) is 27.3 Å². The molecule has 3 nitrogen and oxygen atoms in total. The van der Waals surface area contributed by atoms with Crippen LogP contribution in [0.2, 0.25) is 0 Å². The number of hydrogen-bond acceptors (Lipinski definition) is 2. The number of rotatable bonds is 2. The van der Waals surface area contributed by atoms with E-state index in [4.69, 9.17) is 0 Å². The molecule has 1 N–H and O–H groups in total. The maximum Gasteiger partial charge on any atom is 0.243 e. The lowest BCUT2D eigenvalue weighted by atomic mass is 10.2. The van der Waals surface area contributed by atoms with Crippen molar-refractivity contribution in [1.82, 2.24) is 10.2 Å². The van der Waals surface area contributed by atoms with Gasteiger partial charge in [-0.15, -0.1) is 0 Å². The summed E-state index contributed by atoms with van der Waals surface area (Å²) < 4.78 is 0. The van der Waals surface area contributed by atoms with E-state index in [0.717, 1.165) is 18.7 Å². The third kappa shape index (κ3) is 1.50. The lowest BCUT2D eigenvalue weighted by Crippen LogP contribution is -2.35. The topological polar surface area (TPSA) is 32.3 Å². The summed E-state index contributed by atoms with van der Waals surface area (Å²) in [7, 11) is 1.83. The van der Waals surface area contributed by atoms with Gasteiger partial charge in [-0.25, -0.2) is 0 Å². The van der Waals surface area contributed by atoms with Gasteiger partial charge in [-0.3, -0.25) is 4.79 Å². The fraction of sp³-hybridized carbons (Fsp3) is 0.667. The van der Waals surface area contributed by atoms with Crippen molar-refractivity contribution in [1.29, 1.82) is 0 Å². The molecular weight excluding hydrogens is 152 g/mol. The summed E-state index contributed by atoms with van der Waals surface area (Å²) in [5.74, 6) is 0.202. The Hall–Kier alpha value is -0.830. The van der Waals surface area contributed by atoms with Crippen LogP contribution in [-0.2, 0) is 4.79 Å². The zero-order valence-corrected chi connectivity index (χ0v) is 7.92. The number of allylic oxidation sites excluding steroid dienone is 2. The molecule has 0 aliphatic carbocycles. The highest BCUT2D eigenvalue weighted by Gasteiger charge is 2.30. The molecule has 0 aromatic heterocycles. The summed E-state index contributed by atoms with van der Waals surface area (Å²) in [5, 5.41) is 3.00. The summed E-state index contributed by atoms with van der Waals surface area (Å²) in [4.78, 5) is 13.4. The minimum absolute atomic E-state index is 0.0277. The number of carbonyl (C=O) groups is 1. The molecule has 1 amide bonds. The summed E-state index contributed by atoms with van der Waals surface area (Å²) in [6.07, 6.45) is 2.89. The highest BCUT2D eigenvalue weighted by molar-refractivity contribution is 5.85. The standard InChI is InChI=1S/C9H16N2O/c1-4-7(2)11-6-5-8(10-3)9(11)12/h4,8,10H,5-6H2,1-3H3/b7-4+/t8-/m1/s1. The SMILES string of the molecule is C/C=C(\C)N1CC[C@@H](NC)C1=O. The smallest absolute Gasteiger partial charge is 0.243 e. The quantitative estimate of drug-likeness (QED) is 0.659. The van der Waals surface area contributed by atoms with E-state index in [2.05, 4.69) is 5.32 Å². The van der Waals surface area contributed by atoms with Crippen molar-refractivity contribution in [3.8, 4) is 0 Å². The van der Waals surface area contributed by atoms with E-state index < -0.39 is 0 Å². The molecule has 1 heterocycles. The predicted molar refractivity (Wildman–Crippen MR) is 48.6 cm³/mol. The summed E-state index contributed by atoms with van der Waals surface area (Å²) in [5.41, 5.74) is 1.05. The highest BCUT2D eigenvalue weighted by atomic mass is 16.2. The van der Waals surface area contributed by atoms with Gasteiger partial charge in [0.2, 0.25) is 5.91 Å². The van der Waals surface area contributed by atoms with Crippen LogP contribution in [0.3, 0.4) is 0 Å². The van der Waals surface area contributed by atoms with Crippen LogP contribution < -0.4 is 5.32 Å². The van der Waals surface area contributed by atoms with Crippen LogP contribution in [0.5, 0.6) is 0 Å². The van der Waals surface area contributed by atoms with Crippen molar-refractivity contribution in [3.05, 3.63) is 11.8 Å². The molecule has 1 fully saturated rings. The zero-order valence-electron chi connectivity index (χ0n) is 7.92. The predicted octanol–water partition coefficient (Wildman–Crippen LogP) is 0.730. The lowest BCUT2D eigenvalue weighted by Gasteiger charge is -2.16. The minimum atomic E-state index is 0.0277. The van der Waals surface area contributed by atoms with Crippen LogP contribution in [-0.4, -0.2) is 30.4 Å². The van der Waals surface area contributed by atoms with Gasteiger partial charge < -0.3 is 10.2 Å². The van der Waals surface area contributed by atoms with Crippen LogP contribution >= 0.6 is 0 Å². The third-order valence-corrected chi connectivity index (χ3v) is 2.40. The fourth-order valence-corrected chi connectivity index (χ4v) is 1.45. The van der Waals surface area contributed by atoms with Crippen molar-refractivity contribution >= 4 is 5.91 Å². The lowest BCUT2D eigenvalue weighted by molar-refractivity contribution is -0.127. The van der Waals surface area contributed by atoms with Gasteiger partial charge in [-0.1, -0.05) is 6.08 Å². The van der Waals surface area contributed by atoms with E-state index in [-0.39, 0.29) is 11.9 Å². The molecule has 1 atom stereocenters. The van der Waals surface area contributed by atoms with Crippen LogP contribution in [0, 0.1) is 0 Å². The normalized spacial score (nSPS) is 25.2. The molecule has 3 heteroatoms. The highest BCUT2D eigenvalue weighted by Crippen LogP contribution is 2.15. The van der Waals surface area contributed by atoms with Gasteiger partial charge in [0.25, 0.3) is 0 Å². The summed E-state index contributed by atoms with van der Waals surface area (Å²) >= 11 is 0. The molecular formula is C9H16N2O. The second-order valence-electron chi connectivity index (χ2n) is 3.05. The van der Waals surface area contributed by atoms with E-state index in [1.807, 2.05) is 31.9 Å². The Balaban J connectivity index is 2.67.